The first kappa shape index (κ1) is 19.8. The lowest BCUT2D eigenvalue weighted by Crippen LogP contribution is -2.36. The highest BCUT2D eigenvalue weighted by Crippen LogP contribution is 2.48. The number of carbonyl (C=O) groups is 1. The van der Waals surface area contributed by atoms with Crippen molar-refractivity contribution in [3.8, 4) is 16.9 Å². The number of anilines is 1. The largest absolute Gasteiger partial charge is 0.382 e. The molecule has 1 aliphatic rings. The minimum absolute atomic E-state index is 0.164. The molecule has 1 fully saturated rings. The zero-order valence-corrected chi connectivity index (χ0v) is 16.2. The quantitative estimate of drug-likeness (QED) is 0.352. The summed E-state index contributed by atoms with van der Waals surface area (Å²) >= 11 is 0. The summed E-state index contributed by atoms with van der Waals surface area (Å²) in [5.41, 5.74) is 0.903. The Bertz CT molecular complexity index is 1150. The molecule has 4 rings (SSSR count). The van der Waals surface area contributed by atoms with Crippen molar-refractivity contribution in [1.82, 2.24) is 4.57 Å². The second kappa shape index (κ2) is 7.37. The molecule has 3 aromatic rings. The Morgan fingerprint density at radius 3 is 2.53 bits per heavy atom. The number of nitro groups is 1. The number of carbonyl (C=O) groups excluding carboxylic acids is 1. The highest BCUT2D eigenvalue weighted by Gasteiger charge is 2.42. The lowest BCUT2D eigenvalue weighted by molar-refractivity contribution is -0.384. The highest BCUT2D eigenvalue weighted by molar-refractivity contribution is 5.81. The summed E-state index contributed by atoms with van der Waals surface area (Å²) < 4.78 is 29.3. The summed E-state index contributed by atoms with van der Waals surface area (Å²) in [6.45, 7) is 0. The van der Waals surface area contributed by atoms with Crippen molar-refractivity contribution in [3.05, 3.63) is 76.0 Å². The van der Waals surface area contributed by atoms with Crippen molar-refractivity contribution < 1.29 is 18.5 Å². The van der Waals surface area contributed by atoms with Crippen LogP contribution in [-0.2, 0) is 10.2 Å². The van der Waals surface area contributed by atoms with Crippen LogP contribution in [0.15, 0.2) is 48.7 Å². The van der Waals surface area contributed by atoms with Gasteiger partial charge in [-0.05, 0) is 48.7 Å². The molecule has 0 bridgehead atoms. The maximum atomic E-state index is 14.4. The number of rotatable bonds is 6. The van der Waals surface area contributed by atoms with Crippen LogP contribution >= 0.6 is 0 Å². The van der Waals surface area contributed by atoms with Crippen LogP contribution in [0.5, 0.6) is 0 Å². The van der Waals surface area contributed by atoms with Crippen molar-refractivity contribution >= 4 is 17.7 Å². The smallest absolute Gasteiger partial charge is 0.294 e. The molecule has 1 aromatic heterocycles. The number of nitrogens with one attached hydrogen (secondary N) is 1. The van der Waals surface area contributed by atoms with Gasteiger partial charge in [-0.15, -0.1) is 0 Å². The third kappa shape index (κ3) is 3.04. The topological polar surface area (TPSA) is 77.2 Å². The molecule has 1 N–H and O–H groups in total. The molecule has 1 heterocycles. The van der Waals surface area contributed by atoms with E-state index in [1.807, 2.05) is 0 Å². The van der Waals surface area contributed by atoms with E-state index in [1.54, 1.807) is 36.0 Å². The van der Waals surface area contributed by atoms with Gasteiger partial charge in [-0.25, -0.2) is 8.78 Å². The van der Waals surface area contributed by atoms with Crippen LogP contribution in [0.4, 0.5) is 20.2 Å². The van der Waals surface area contributed by atoms with E-state index in [-0.39, 0.29) is 11.3 Å². The van der Waals surface area contributed by atoms with Gasteiger partial charge in [0.15, 0.2) is 0 Å². The van der Waals surface area contributed by atoms with Crippen LogP contribution < -0.4 is 5.32 Å². The van der Waals surface area contributed by atoms with Gasteiger partial charge in [0, 0.05) is 30.9 Å². The Labute approximate surface area is 171 Å². The van der Waals surface area contributed by atoms with E-state index in [9.17, 15) is 23.7 Å². The average Bonchev–Trinajstić information content (AvgIpc) is 3.16. The Balaban J connectivity index is 1.95. The summed E-state index contributed by atoms with van der Waals surface area (Å²) in [5, 5.41) is 14.7. The zero-order chi connectivity index (χ0) is 21.5. The lowest BCUT2D eigenvalue weighted by atomic mass is 9.65. The van der Waals surface area contributed by atoms with E-state index in [4.69, 9.17) is 0 Å². The fraction of sp³-hybridized carbons (Fsp3) is 0.227. The second-order valence-electron chi connectivity index (χ2n) is 7.41. The maximum absolute atomic E-state index is 14.4. The molecular weight excluding hydrogens is 392 g/mol. The molecule has 2 aromatic carbocycles. The van der Waals surface area contributed by atoms with Gasteiger partial charge in [-0.2, -0.15) is 0 Å². The number of benzene rings is 2. The van der Waals surface area contributed by atoms with Crippen molar-refractivity contribution in [1.29, 1.82) is 0 Å². The molecule has 8 heteroatoms. The Hall–Kier alpha value is -3.55. The first-order valence-electron chi connectivity index (χ1n) is 9.50. The molecule has 0 radical (unpaired) electrons. The fourth-order valence-electron chi connectivity index (χ4n) is 4.08. The van der Waals surface area contributed by atoms with Crippen LogP contribution in [-0.4, -0.2) is 22.8 Å². The maximum Gasteiger partial charge on any atom is 0.294 e. The van der Waals surface area contributed by atoms with Gasteiger partial charge in [0.2, 0.25) is 0 Å². The van der Waals surface area contributed by atoms with Crippen molar-refractivity contribution in [2.24, 2.45) is 0 Å². The molecule has 1 aliphatic carbocycles. The molecule has 154 valence electrons. The van der Waals surface area contributed by atoms with Crippen molar-refractivity contribution in [2.45, 2.75) is 24.7 Å². The van der Waals surface area contributed by atoms with Crippen LogP contribution in [0.2, 0.25) is 0 Å². The van der Waals surface area contributed by atoms with Crippen molar-refractivity contribution in [3.63, 3.8) is 0 Å². The molecule has 0 unspecified atom stereocenters. The number of halogens is 2. The second-order valence-corrected chi connectivity index (χ2v) is 7.41. The summed E-state index contributed by atoms with van der Waals surface area (Å²) in [6.07, 6.45) is 4.58. The summed E-state index contributed by atoms with van der Waals surface area (Å²) in [4.78, 5) is 23.2. The molecule has 6 nitrogen and oxygen atoms in total. The van der Waals surface area contributed by atoms with Crippen LogP contribution in [0.25, 0.3) is 16.9 Å². The van der Waals surface area contributed by atoms with Crippen LogP contribution in [0.3, 0.4) is 0 Å². The van der Waals surface area contributed by atoms with Gasteiger partial charge in [0.1, 0.15) is 23.6 Å². The number of hydrogen-bond acceptors (Lipinski definition) is 4. The molecule has 0 saturated heterocycles. The third-order valence-corrected chi connectivity index (χ3v) is 5.79. The van der Waals surface area contributed by atoms with Crippen LogP contribution in [0.1, 0.15) is 24.8 Å². The minimum Gasteiger partial charge on any atom is -0.382 e. The summed E-state index contributed by atoms with van der Waals surface area (Å²) in [5.74, 6) is -1.43. The summed E-state index contributed by atoms with van der Waals surface area (Å²) in [6, 6.07) is 9.71. The molecule has 0 amide bonds. The highest BCUT2D eigenvalue weighted by atomic mass is 19.1. The number of hydrogen-bond donors (Lipinski definition) is 1. The molecule has 1 saturated carbocycles. The normalized spacial score (nSPS) is 14.8. The third-order valence-electron chi connectivity index (χ3n) is 5.79. The lowest BCUT2D eigenvalue weighted by Gasteiger charge is -2.38. The van der Waals surface area contributed by atoms with Gasteiger partial charge in [-0.3, -0.25) is 10.1 Å². The summed E-state index contributed by atoms with van der Waals surface area (Å²) in [7, 11) is 1.58. The van der Waals surface area contributed by atoms with Crippen LogP contribution in [0, 0.1) is 21.7 Å². The van der Waals surface area contributed by atoms with E-state index in [1.165, 1.54) is 12.1 Å². The average molecular weight is 411 g/mol. The number of aromatic nitrogens is 1. The Kier molecular flexibility index (Phi) is 4.85. The van der Waals surface area contributed by atoms with Gasteiger partial charge in [0.25, 0.3) is 5.69 Å². The number of nitro benzene ring substituents is 1. The molecule has 0 aliphatic heterocycles. The van der Waals surface area contributed by atoms with Gasteiger partial charge < -0.3 is 14.7 Å². The SMILES string of the molecule is CNc1c([N+](=O)[O-])cc(-n2cccc2-c2ccc(F)cc2F)cc1C1(C=O)CCC1. The minimum atomic E-state index is -0.784. The van der Waals surface area contributed by atoms with Gasteiger partial charge >= 0.3 is 0 Å². The number of nitrogens with zero attached hydrogens (tertiary/aromatic N) is 2. The fourth-order valence-corrected chi connectivity index (χ4v) is 4.08. The van der Waals surface area contributed by atoms with E-state index < -0.39 is 22.0 Å². The molecule has 30 heavy (non-hydrogen) atoms. The zero-order valence-electron chi connectivity index (χ0n) is 16.2. The predicted octanol–water partition coefficient (Wildman–Crippen LogP) is 4.99. The predicted molar refractivity (Wildman–Crippen MR) is 109 cm³/mol. The van der Waals surface area contributed by atoms with Gasteiger partial charge in [-0.1, -0.05) is 6.42 Å². The Morgan fingerprint density at radius 1 is 1.20 bits per heavy atom. The molecule has 0 spiro atoms. The van der Waals surface area contributed by atoms with E-state index >= 15 is 0 Å². The van der Waals surface area contributed by atoms with E-state index in [0.29, 0.717) is 35.5 Å². The van der Waals surface area contributed by atoms with Crippen molar-refractivity contribution in [2.75, 3.05) is 12.4 Å². The molecular formula is C22H19F2N3O3. The molecule has 0 atom stereocenters. The first-order valence-corrected chi connectivity index (χ1v) is 9.50. The number of aldehydes is 1. The van der Waals surface area contributed by atoms with E-state index in [0.717, 1.165) is 24.8 Å². The monoisotopic (exact) mass is 411 g/mol. The van der Waals surface area contributed by atoms with Gasteiger partial charge in [0.05, 0.1) is 21.7 Å². The van der Waals surface area contributed by atoms with E-state index in [2.05, 4.69) is 5.32 Å². The Morgan fingerprint density at radius 2 is 1.97 bits per heavy atom. The first-order chi connectivity index (χ1) is 14.4. The standard InChI is InChI=1S/C22H19F2N3O3/c1-25-21-17(22(13-28)7-3-8-22)11-15(12-20(21)27(29)30)26-9-2-4-19(26)16-6-5-14(23)10-18(16)24/h2,4-6,9-13,25H,3,7-8H2,1H3.